The Balaban J connectivity index is 1.68. The van der Waals surface area contributed by atoms with Gasteiger partial charge in [-0.1, -0.05) is 42.7 Å². The van der Waals surface area contributed by atoms with Crippen LogP contribution in [0.1, 0.15) is 49.8 Å². The van der Waals surface area contributed by atoms with Crippen molar-refractivity contribution in [2.75, 3.05) is 13.2 Å². The number of aryl methyl sites for hydroxylation is 1. The van der Waals surface area contributed by atoms with Gasteiger partial charge in [0.1, 0.15) is 0 Å². The Bertz CT molecular complexity index is 402. The smallest absolute Gasteiger partial charge is 0.0898 e. The monoisotopic (exact) mass is 277 g/mol. The maximum Gasteiger partial charge on any atom is 0.0898 e. The molecule has 1 saturated carbocycles. The van der Waals surface area contributed by atoms with Crippen LogP contribution in [0, 0.1) is 6.92 Å². The molecule has 112 valence electrons. The van der Waals surface area contributed by atoms with Crippen LogP contribution in [0.2, 0.25) is 0 Å². The maximum absolute atomic E-state index is 9.97. The van der Waals surface area contributed by atoms with Crippen LogP contribution in [0.3, 0.4) is 0 Å². The topological polar surface area (TPSA) is 41.5 Å². The molecule has 1 aromatic rings. The minimum absolute atomic E-state index is 0.246. The van der Waals surface area contributed by atoms with Crippen LogP contribution >= 0.6 is 0 Å². The van der Waals surface area contributed by atoms with Crippen LogP contribution < -0.4 is 5.32 Å². The highest BCUT2D eigenvalue weighted by Crippen LogP contribution is 2.21. The van der Waals surface area contributed by atoms with E-state index in [1.807, 2.05) is 0 Å². The van der Waals surface area contributed by atoms with E-state index in [1.54, 1.807) is 0 Å². The summed E-state index contributed by atoms with van der Waals surface area (Å²) in [6.45, 7) is 5.24. The van der Waals surface area contributed by atoms with Gasteiger partial charge in [-0.2, -0.15) is 0 Å². The second-order valence-electron chi connectivity index (χ2n) is 5.94. The lowest BCUT2D eigenvalue weighted by molar-refractivity contribution is -0.00610. The van der Waals surface area contributed by atoms with Gasteiger partial charge in [-0.3, -0.25) is 0 Å². The molecular weight excluding hydrogens is 250 g/mol. The van der Waals surface area contributed by atoms with E-state index in [-0.39, 0.29) is 6.04 Å². The summed E-state index contributed by atoms with van der Waals surface area (Å²) in [5.41, 5.74) is 2.52. The van der Waals surface area contributed by atoms with Gasteiger partial charge >= 0.3 is 0 Å². The first-order chi connectivity index (χ1) is 9.65. The van der Waals surface area contributed by atoms with Crippen molar-refractivity contribution in [1.29, 1.82) is 0 Å². The fourth-order valence-corrected chi connectivity index (χ4v) is 2.73. The molecule has 0 heterocycles. The summed E-state index contributed by atoms with van der Waals surface area (Å²) in [5, 5.41) is 13.3. The molecule has 0 bridgehead atoms. The van der Waals surface area contributed by atoms with E-state index < -0.39 is 6.10 Å². The number of nitrogens with one attached hydrogen (secondary N) is 1. The van der Waals surface area contributed by atoms with Gasteiger partial charge in [0.2, 0.25) is 0 Å². The van der Waals surface area contributed by atoms with Crippen molar-refractivity contribution < 1.29 is 9.84 Å². The lowest BCUT2D eigenvalue weighted by atomic mass is 10.1. The Morgan fingerprint density at radius 2 is 2.10 bits per heavy atom. The van der Waals surface area contributed by atoms with Gasteiger partial charge in [0, 0.05) is 12.6 Å². The molecule has 3 heteroatoms. The summed E-state index contributed by atoms with van der Waals surface area (Å²) in [7, 11) is 0. The van der Waals surface area contributed by atoms with Gasteiger partial charge in [0.25, 0.3) is 0 Å². The Labute approximate surface area is 122 Å². The Hall–Kier alpha value is -0.900. The molecule has 3 nitrogen and oxygen atoms in total. The quantitative estimate of drug-likeness (QED) is 0.805. The lowest BCUT2D eigenvalue weighted by Crippen LogP contribution is -2.33. The average molecular weight is 277 g/mol. The minimum atomic E-state index is -0.428. The van der Waals surface area contributed by atoms with Crippen molar-refractivity contribution in [3.63, 3.8) is 0 Å². The molecule has 2 N–H and O–H groups in total. The molecule has 1 aliphatic carbocycles. The zero-order valence-electron chi connectivity index (χ0n) is 12.6. The molecule has 0 radical (unpaired) electrons. The van der Waals surface area contributed by atoms with E-state index in [4.69, 9.17) is 4.74 Å². The SMILES string of the molecule is Cc1cccc([C@@H](C)NCC(O)COC2CCCC2)c1. The molecule has 0 saturated heterocycles. The molecule has 1 fully saturated rings. The van der Waals surface area contributed by atoms with Crippen molar-refractivity contribution in [3.8, 4) is 0 Å². The Morgan fingerprint density at radius 3 is 2.80 bits per heavy atom. The molecule has 0 aliphatic heterocycles. The van der Waals surface area contributed by atoms with Crippen LogP contribution in [-0.4, -0.2) is 30.5 Å². The van der Waals surface area contributed by atoms with Gasteiger partial charge in [0.05, 0.1) is 18.8 Å². The zero-order chi connectivity index (χ0) is 14.4. The van der Waals surface area contributed by atoms with Gasteiger partial charge in [-0.05, 0) is 32.3 Å². The number of rotatable bonds is 7. The number of aliphatic hydroxyl groups is 1. The number of ether oxygens (including phenoxy) is 1. The van der Waals surface area contributed by atoms with Crippen molar-refractivity contribution >= 4 is 0 Å². The molecule has 0 amide bonds. The second-order valence-corrected chi connectivity index (χ2v) is 5.94. The van der Waals surface area contributed by atoms with Gasteiger partial charge in [-0.25, -0.2) is 0 Å². The number of hydrogen-bond donors (Lipinski definition) is 2. The summed E-state index contributed by atoms with van der Waals surface area (Å²) < 4.78 is 5.73. The summed E-state index contributed by atoms with van der Waals surface area (Å²) >= 11 is 0. The molecule has 1 unspecified atom stereocenters. The Kier molecular flexibility index (Phi) is 6.02. The third-order valence-electron chi connectivity index (χ3n) is 4.03. The first-order valence-electron chi connectivity index (χ1n) is 7.75. The molecule has 2 atom stereocenters. The van der Waals surface area contributed by atoms with E-state index in [2.05, 4.69) is 43.4 Å². The highest BCUT2D eigenvalue weighted by Gasteiger charge is 2.17. The molecule has 2 rings (SSSR count). The summed E-state index contributed by atoms with van der Waals surface area (Å²) in [5.74, 6) is 0. The van der Waals surface area contributed by atoms with E-state index in [9.17, 15) is 5.11 Å². The highest BCUT2D eigenvalue weighted by atomic mass is 16.5. The first-order valence-corrected chi connectivity index (χ1v) is 7.75. The fraction of sp³-hybridized carbons (Fsp3) is 0.647. The predicted molar refractivity (Wildman–Crippen MR) is 81.8 cm³/mol. The van der Waals surface area contributed by atoms with Gasteiger partial charge in [0.15, 0.2) is 0 Å². The summed E-state index contributed by atoms with van der Waals surface area (Å²) in [6.07, 6.45) is 4.79. The molecule has 1 aromatic carbocycles. The van der Waals surface area contributed by atoms with Crippen molar-refractivity contribution in [2.24, 2.45) is 0 Å². The van der Waals surface area contributed by atoms with Gasteiger partial charge in [-0.15, -0.1) is 0 Å². The van der Waals surface area contributed by atoms with Gasteiger partial charge < -0.3 is 15.2 Å². The van der Waals surface area contributed by atoms with E-state index in [1.165, 1.54) is 24.0 Å². The molecule has 0 spiro atoms. The van der Waals surface area contributed by atoms with Crippen LogP contribution in [0.5, 0.6) is 0 Å². The predicted octanol–water partition coefficient (Wildman–Crippen LogP) is 2.97. The normalized spacial score (nSPS) is 19.1. The third kappa shape index (κ3) is 4.89. The molecular formula is C17H27NO2. The molecule has 0 aromatic heterocycles. The number of benzene rings is 1. The van der Waals surface area contributed by atoms with Crippen LogP contribution in [-0.2, 0) is 4.74 Å². The van der Waals surface area contributed by atoms with E-state index in [0.29, 0.717) is 19.3 Å². The summed E-state index contributed by atoms with van der Waals surface area (Å²) in [6, 6.07) is 8.71. The Morgan fingerprint density at radius 1 is 1.35 bits per heavy atom. The lowest BCUT2D eigenvalue weighted by Gasteiger charge is -2.19. The van der Waals surface area contributed by atoms with E-state index in [0.717, 1.165) is 12.8 Å². The third-order valence-corrected chi connectivity index (χ3v) is 4.03. The van der Waals surface area contributed by atoms with Crippen molar-refractivity contribution in [2.45, 2.75) is 57.8 Å². The maximum atomic E-state index is 9.97. The largest absolute Gasteiger partial charge is 0.389 e. The number of hydrogen-bond acceptors (Lipinski definition) is 3. The minimum Gasteiger partial charge on any atom is -0.389 e. The zero-order valence-corrected chi connectivity index (χ0v) is 12.6. The van der Waals surface area contributed by atoms with Crippen LogP contribution in [0.25, 0.3) is 0 Å². The summed E-state index contributed by atoms with van der Waals surface area (Å²) in [4.78, 5) is 0. The van der Waals surface area contributed by atoms with Crippen molar-refractivity contribution in [1.82, 2.24) is 5.32 Å². The standard InChI is InChI=1S/C17H27NO2/c1-13-6-5-7-15(10-13)14(2)18-11-16(19)12-20-17-8-3-4-9-17/h5-7,10,14,16-19H,3-4,8-9,11-12H2,1-2H3/t14-,16?/m1/s1. The average Bonchev–Trinajstić information content (AvgIpc) is 2.95. The first kappa shape index (κ1) is 15.5. The number of aliphatic hydroxyl groups excluding tert-OH is 1. The molecule has 20 heavy (non-hydrogen) atoms. The fourth-order valence-electron chi connectivity index (χ4n) is 2.73. The highest BCUT2D eigenvalue weighted by molar-refractivity contribution is 5.24. The van der Waals surface area contributed by atoms with E-state index >= 15 is 0 Å². The van der Waals surface area contributed by atoms with Crippen LogP contribution in [0.4, 0.5) is 0 Å². The second kappa shape index (κ2) is 7.77. The van der Waals surface area contributed by atoms with Crippen molar-refractivity contribution in [3.05, 3.63) is 35.4 Å². The molecule has 1 aliphatic rings. The van der Waals surface area contributed by atoms with Crippen LogP contribution in [0.15, 0.2) is 24.3 Å².